The van der Waals surface area contributed by atoms with E-state index in [-0.39, 0.29) is 4.88 Å². The molecule has 1 aromatic heterocycles. The molecule has 1 N–H and O–H groups in total. The van der Waals surface area contributed by atoms with Crippen LogP contribution in [-0.4, -0.2) is 16.9 Å². The number of aromatic carboxylic acids is 1. The number of hydrogen-bond donors (Lipinski definition) is 1. The number of thiophene rings is 1. The van der Waals surface area contributed by atoms with E-state index < -0.39 is 34.5 Å². The molecular formula is C12H4BrClF2O3S. The molecule has 0 fully saturated rings. The average Bonchev–Trinajstić information content (AvgIpc) is 2.71. The zero-order valence-corrected chi connectivity index (χ0v) is 12.6. The van der Waals surface area contributed by atoms with Crippen molar-refractivity contribution in [1.82, 2.24) is 0 Å². The van der Waals surface area contributed by atoms with Crippen molar-refractivity contribution in [2.24, 2.45) is 0 Å². The number of hydrogen-bond acceptors (Lipinski definition) is 3. The quantitative estimate of drug-likeness (QED) is 0.803. The van der Waals surface area contributed by atoms with Gasteiger partial charge in [0.25, 0.3) is 0 Å². The molecule has 0 bridgehead atoms. The van der Waals surface area contributed by atoms with Gasteiger partial charge in [-0.2, -0.15) is 0 Å². The van der Waals surface area contributed by atoms with E-state index in [9.17, 15) is 18.4 Å². The number of ketones is 1. The molecule has 0 unspecified atom stereocenters. The van der Waals surface area contributed by atoms with Gasteiger partial charge in [-0.1, -0.05) is 11.6 Å². The number of carboxylic acid groups (broad SMARTS) is 1. The molecule has 0 aliphatic rings. The van der Waals surface area contributed by atoms with Crippen LogP contribution < -0.4 is 0 Å². The maximum atomic E-state index is 13.2. The van der Waals surface area contributed by atoms with E-state index in [0.717, 1.165) is 11.3 Å². The van der Waals surface area contributed by atoms with Crippen molar-refractivity contribution in [3.63, 3.8) is 0 Å². The molecule has 20 heavy (non-hydrogen) atoms. The number of carbonyl (C=O) groups excluding carboxylic acids is 1. The van der Waals surface area contributed by atoms with Crippen molar-refractivity contribution in [3.8, 4) is 0 Å². The summed E-state index contributed by atoms with van der Waals surface area (Å²) in [6.07, 6.45) is 0. The van der Waals surface area contributed by atoms with Crippen molar-refractivity contribution in [2.75, 3.05) is 0 Å². The average molecular weight is 382 g/mol. The molecule has 0 aliphatic carbocycles. The van der Waals surface area contributed by atoms with Gasteiger partial charge in [-0.25, -0.2) is 13.6 Å². The highest BCUT2D eigenvalue weighted by Gasteiger charge is 2.23. The van der Waals surface area contributed by atoms with Crippen molar-refractivity contribution in [2.45, 2.75) is 0 Å². The molecule has 0 spiro atoms. The second kappa shape index (κ2) is 5.59. The maximum absolute atomic E-state index is 13.2. The number of carboxylic acids is 1. The van der Waals surface area contributed by atoms with Gasteiger partial charge in [0.05, 0.1) is 10.4 Å². The monoisotopic (exact) mass is 380 g/mol. The Morgan fingerprint density at radius 2 is 1.70 bits per heavy atom. The van der Waals surface area contributed by atoms with E-state index >= 15 is 0 Å². The Labute approximate surface area is 128 Å². The first kappa shape index (κ1) is 15.1. The summed E-state index contributed by atoms with van der Waals surface area (Å²) in [5, 5.41) is 8.96. The van der Waals surface area contributed by atoms with Crippen LogP contribution in [0.1, 0.15) is 25.6 Å². The van der Waals surface area contributed by atoms with Crippen LogP contribution in [0.25, 0.3) is 0 Å². The van der Waals surface area contributed by atoms with Gasteiger partial charge in [-0.3, -0.25) is 4.79 Å². The molecule has 1 aromatic carbocycles. The SMILES string of the molecule is O=C(O)c1cc(F)c(F)cc1C(=O)c1cc(Br)c(Cl)s1. The molecule has 8 heteroatoms. The molecule has 0 radical (unpaired) electrons. The minimum absolute atomic E-state index is 0.121. The summed E-state index contributed by atoms with van der Waals surface area (Å²) >= 11 is 9.80. The smallest absolute Gasteiger partial charge is 0.336 e. The highest BCUT2D eigenvalue weighted by molar-refractivity contribution is 9.10. The molecule has 0 saturated carbocycles. The zero-order valence-electron chi connectivity index (χ0n) is 9.42. The largest absolute Gasteiger partial charge is 0.478 e. The van der Waals surface area contributed by atoms with Crippen LogP contribution >= 0.6 is 38.9 Å². The fourth-order valence-electron chi connectivity index (χ4n) is 1.50. The van der Waals surface area contributed by atoms with Gasteiger partial charge >= 0.3 is 5.97 Å². The Bertz CT molecular complexity index is 710. The third-order valence-electron chi connectivity index (χ3n) is 2.40. The lowest BCUT2D eigenvalue weighted by Gasteiger charge is -2.05. The van der Waals surface area contributed by atoms with Crippen molar-refractivity contribution >= 4 is 50.6 Å². The van der Waals surface area contributed by atoms with Crippen molar-refractivity contribution in [1.29, 1.82) is 0 Å². The van der Waals surface area contributed by atoms with Crippen LogP contribution in [0.4, 0.5) is 8.78 Å². The Morgan fingerprint density at radius 1 is 1.15 bits per heavy atom. The van der Waals surface area contributed by atoms with Crippen LogP contribution in [-0.2, 0) is 0 Å². The standard InChI is InChI=1S/C12H4BrClF2O3S/c13-6-3-9(20-11(6)14)10(17)4-1-7(15)8(16)2-5(4)12(18)19/h1-3H,(H,18,19). The van der Waals surface area contributed by atoms with Gasteiger partial charge in [0.15, 0.2) is 11.6 Å². The van der Waals surface area contributed by atoms with Crippen LogP contribution in [0.15, 0.2) is 22.7 Å². The van der Waals surface area contributed by atoms with Gasteiger partial charge in [-0.15, -0.1) is 11.3 Å². The molecule has 0 saturated heterocycles. The third kappa shape index (κ3) is 2.74. The van der Waals surface area contributed by atoms with Gasteiger partial charge < -0.3 is 5.11 Å². The number of rotatable bonds is 3. The van der Waals surface area contributed by atoms with Crippen molar-refractivity contribution in [3.05, 3.63) is 54.6 Å². The second-order valence-corrected chi connectivity index (χ2v) is 6.19. The molecule has 0 atom stereocenters. The summed E-state index contributed by atoms with van der Waals surface area (Å²) in [6.45, 7) is 0. The fourth-order valence-corrected chi connectivity index (χ4v) is 3.16. The second-order valence-electron chi connectivity index (χ2n) is 3.68. The lowest BCUT2D eigenvalue weighted by molar-refractivity contribution is 0.0692. The predicted octanol–water partition coefficient (Wildman–Crippen LogP) is 4.37. The highest BCUT2D eigenvalue weighted by Crippen LogP contribution is 2.33. The molecule has 2 rings (SSSR count). The fraction of sp³-hybridized carbons (Fsp3) is 0. The molecule has 3 nitrogen and oxygen atoms in total. The first-order chi connectivity index (χ1) is 9.31. The van der Waals surface area contributed by atoms with Gasteiger partial charge in [0.1, 0.15) is 4.34 Å². The Morgan fingerprint density at radius 3 is 2.15 bits per heavy atom. The number of carbonyl (C=O) groups is 2. The van der Waals surface area contributed by atoms with Crippen molar-refractivity contribution < 1.29 is 23.5 Å². The van der Waals surface area contributed by atoms with Crippen LogP contribution in [0.5, 0.6) is 0 Å². The van der Waals surface area contributed by atoms with E-state index in [4.69, 9.17) is 16.7 Å². The lowest BCUT2D eigenvalue weighted by Crippen LogP contribution is -2.10. The van der Waals surface area contributed by atoms with Crippen LogP contribution in [0.3, 0.4) is 0 Å². The van der Waals surface area contributed by atoms with Crippen LogP contribution in [0.2, 0.25) is 4.34 Å². The van der Waals surface area contributed by atoms with Gasteiger partial charge in [0, 0.05) is 10.0 Å². The molecule has 0 amide bonds. The summed E-state index contributed by atoms with van der Waals surface area (Å²) in [7, 11) is 0. The summed E-state index contributed by atoms with van der Waals surface area (Å²) in [5.41, 5.74) is -1.03. The summed E-state index contributed by atoms with van der Waals surface area (Å²) in [5.74, 6) is -4.88. The first-order valence-electron chi connectivity index (χ1n) is 5.03. The molecule has 2 aromatic rings. The minimum Gasteiger partial charge on any atom is -0.478 e. The normalized spacial score (nSPS) is 10.6. The summed E-state index contributed by atoms with van der Waals surface area (Å²) in [6, 6.07) is 2.44. The predicted molar refractivity (Wildman–Crippen MR) is 73.8 cm³/mol. The van der Waals surface area contributed by atoms with E-state index in [1.54, 1.807) is 0 Å². The molecular weight excluding hydrogens is 378 g/mol. The first-order valence-corrected chi connectivity index (χ1v) is 7.02. The van der Waals surface area contributed by atoms with E-state index in [1.807, 2.05) is 0 Å². The summed E-state index contributed by atoms with van der Waals surface area (Å²) < 4.78 is 27.1. The van der Waals surface area contributed by atoms with E-state index in [0.29, 0.717) is 20.9 Å². The summed E-state index contributed by atoms with van der Waals surface area (Å²) in [4.78, 5) is 23.3. The van der Waals surface area contributed by atoms with Gasteiger partial charge in [0.2, 0.25) is 5.78 Å². The highest BCUT2D eigenvalue weighted by atomic mass is 79.9. The number of halogens is 4. The molecule has 104 valence electrons. The zero-order chi connectivity index (χ0) is 15.0. The Balaban J connectivity index is 2.59. The minimum atomic E-state index is -1.52. The topological polar surface area (TPSA) is 54.4 Å². The lowest BCUT2D eigenvalue weighted by atomic mass is 10.0. The Kier molecular flexibility index (Phi) is 4.22. The third-order valence-corrected chi connectivity index (χ3v) is 4.88. The van der Waals surface area contributed by atoms with E-state index in [2.05, 4.69) is 15.9 Å². The number of benzene rings is 1. The van der Waals surface area contributed by atoms with E-state index in [1.165, 1.54) is 6.07 Å². The Hall–Kier alpha value is -1.31. The molecule has 0 aliphatic heterocycles. The van der Waals surface area contributed by atoms with Crippen LogP contribution in [0, 0.1) is 11.6 Å². The molecule has 1 heterocycles. The van der Waals surface area contributed by atoms with Gasteiger partial charge in [-0.05, 0) is 34.1 Å². The maximum Gasteiger partial charge on any atom is 0.336 e.